The molecule has 5 heteroatoms. The zero-order valence-electron chi connectivity index (χ0n) is 9.43. The molecule has 0 aliphatic heterocycles. The Morgan fingerprint density at radius 1 is 1.44 bits per heavy atom. The Labute approximate surface area is 98.5 Å². The number of thiophene rings is 1. The van der Waals surface area contributed by atoms with Crippen molar-refractivity contribution in [3.05, 3.63) is 23.4 Å². The highest BCUT2D eigenvalue weighted by molar-refractivity contribution is 7.13. The Hall–Kier alpha value is -1.20. The van der Waals surface area contributed by atoms with Gasteiger partial charge in [0.2, 0.25) is 11.7 Å². The van der Waals surface area contributed by atoms with Gasteiger partial charge in [0.1, 0.15) is 0 Å². The topological polar surface area (TPSA) is 64.9 Å². The van der Waals surface area contributed by atoms with Crippen molar-refractivity contribution in [3.8, 4) is 10.7 Å². The zero-order chi connectivity index (χ0) is 11.6. The number of rotatable bonds is 4. The van der Waals surface area contributed by atoms with Gasteiger partial charge in [-0.2, -0.15) is 4.98 Å². The summed E-state index contributed by atoms with van der Waals surface area (Å²) in [5, 5.41) is 5.95. The van der Waals surface area contributed by atoms with Crippen LogP contribution in [0.5, 0.6) is 0 Å². The summed E-state index contributed by atoms with van der Waals surface area (Å²) in [5.74, 6) is 1.16. The molecule has 2 aromatic heterocycles. The van der Waals surface area contributed by atoms with Crippen molar-refractivity contribution in [1.29, 1.82) is 0 Å². The fourth-order valence-corrected chi connectivity index (χ4v) is 2.13. The molecule has 0 saturated carbocycles. The van der Waals surface area contributed by atoms with Gasteiger partial charge < -0.3 is 10.3 Å². The minimum absolute atomic E-state index is 0.498. The maximum absolute atomic E-state index is 6.19. The molecule has 16 heavy (non-hydrogen) atoms. The Kier molecular flexibility index (Phi) is 3.07. The third-order valence-corrected chi connectivity index (χ3v) is 3.72. The molecule has 0 atom stereocenters. The predicted molar refractivity (Wildman–Crippen MR) is 64.1 cm³/mol. The summed E-state index contributed by atoms with van der Waals surface area (Å²) in [5.41, 5.74) is 5.69. The van der Waals surface area contributed by atoms with Crippen LogP contribution in [0.15, 0.2) is 22.0 Å². The molecule has 0 fully saturated rings. The lowest BCUT2D eigenvalue weighted by Gasteiger charge is -2.20. The van der Waals surface area contributed by atoms with E-state index in [-0.39, 0.29) is 0 Å². The number of nitrogens with zero attached hydrogens (tertiary/aromatic N) is 2. The van der Waals surface area contributed by atoms with E-state index in [9.17, 15) is 0 Å². The summed E-state index contributed by atoms with van der Waals surface area (Å²) in [6.07, 6.45) is 1.57. The van der Waals surface area contributed by atoms with Gasteiger partial charge >= 0.3 is 0 Å². The molecule has 0 unspecified atom stereocenters. The average molecular weight is 237 g/mol. The molecule has 4 nitrogen and oxygen atoms in total. The highest BCUT2D eigenvalue weighted by Gasteiger charge is 2.30. The Morgan fingerprint density at radius 2 is 2.19 bits per heavy atom. The monoisotopic (exact) mass is 237 g/mol. The van der Waals surface area contributed by atoms with Crippen molar-refractivity contribution in [3.63, 3.8) is 0 Å². The van der Waals surface area contributed by atoms with Crippen LogP contribution in [-0.2, 0) is 5.54 Å². The van der Waals surface area contributed by atoms with Gasteiger partial charge in [0.15, 0.2) is 0 Å². The Balaban J connectivity index is 2.33. The van der Waals surface area contributed by atoms with Crippen LogP contribution in [0.25, 0.3) is 10.7 Å². The molecule has 0 aliphatic carbocycles. The van der Waals surface area contributed by atoms with Gasteiger partial charge in [-0.3, -0.25) is 0 Å². The summed E-state index contributed by atoms with van der Waals surface area (Å²) in [7, 11) is 0. The van der Waals surface area contributed by atoms with Crippen LogP contribution < -0.4 is 5.73 Å². The lowest BCUT2D eigenvalue weighted by atomic mass is 9.94. The van der Waals surface area contributed by atoms with E-state index >= 15 is 0 Å². The maximum atomic E-state index is 6.19. The lowest BCUT2D eigenvalue weighted by molar-refractivity contribution is 0.268. The van der Waals surface area contributed by atoms with E-state index in [0.29, 0.717) is 11.7 Å². The molecule has 86 valence electrons. The van der Waals surface area contributed by atoms with Gasteiger partial charge in [0.05, 0.1) is 10.4 Å². The molecular weight excluding hydrogens is 222 g/mol. The summed E-state index contributed by atoms with van der Waals surface area (Å²) < 4.78 is 5.26. The molecule has 2 rings (SSSR count). The third kappa shape index (κ3) is 1.88. The second-order valence-electron chi connectivity index (χ2n) is 3.76. The van der Waals surface area contributed by atoms with E-state index in [1.54, 1.807) is 11.3 Å². The first-order valence-corrected chi connectivity index (χ1v) is 6.24. The van der Waals surface area contributed by atoms with Crippen molar-refractivity contribution in [2.75, 3.05) is 0 Å². The van der Waals surface area contributed by atoms with E-state index in [1.807, 2.05) is 31.4 Å². The summed E-state index contributed by atoms with van der Waals surface area (Å²) in [6.45, 7) is 4.05. The minimum Gasteiger partial charge on any atom is -0.337 e. The second-order valence-corrected chi connectivity index (χ2v) is 4.71. The van der Waals surface area contributed by atoms with E-state index < -0.39 is 5.54 Å². The van der Waals surface area contributed by atoms with E-state index in [0.717, 1.165) is 17.7 Å². The van der Waals surface area contributed by atoms with Crippen molar-refractivity contribution in [1.82, 2.24) is 10.1 Å². The molecule has 2 heterocycles. The number of hydrogen-bond acceptors (Lipinski definition) is 5. The smallest absolute Gasteiger partial charge is 0.247 e. The summed E-state index contributed by atoms with van der Waals surface area (Å²) in [4.78, 5) is 5.38. The van der Waals surface area contributed by atoms with E-state index in [4.69, 9.17) is 10.3 Å². The van der Waals surface area contributed by atoms with Crippen LogP contribution in [0, 0.1) is 0 Å². The molecule has 0 saturated heterocycles. The van der Waals surface area contributed by atoms with Crippen molar-refractivity contribution in [2.45, 2.75) is 32.2 Å². The molecule has 0 aliphatic rings. The summed E-state index contributed by atoms with van der Waals surface area (Å²) in [6, 6.07) is 3.93. The molecule has 0 bridgehead atoms. The Bertz CT molecular complexity index is 446. The van der Waals surface area contributed by atoms with Crippen LogP contribution >= 0.6 is 11.3 Å². The fourth-order valence-electron chi connectivity index (χ4n) is 1.48. The standard InChI is InChI=1S/C11H15N3OS/c1-3-11(12,4-2)10-13-9(14-15-10)8-6-5-7-16-8/h5-7H,3-4,12H2,1-2H3. The predicted octanol–water partition coefficient (Wildman–Crippen LogP) is 2.77. The number of aromatic nitrogens is 2. The fraction of sp³-hybridized carbons (Fsp3) is 0.455. The van der Waals surface area contributed by atoms with E-state index in [1.165, 1.54) is 0 Å². The van der Waals surface area contributed by atoms with Crippen molar-refractivity contribution < 1.29 is 4.52 Å². The largest absolute Gasteiger partial charge is 0.337 e. The Morgan fingerprint density at radius 3 is 2.75 bits per heavy atom. The SMILES string of the molecule is CCC(N)(CC)c1nc(-c2cccs2)no1. The van der Waals surface area contributed by atoms with Gasteiger partial charge in [-0.25, -0.2) is 0 Å². The molecular formula is C11H15N3OS. The maximum Gasteiger partial charge on any atom is 0.247 e. The van der Waals surface area contributed by atoms with Gasteiger partial charge in [0.25, 0.3) is 0 Å². The first kappa shape index (κ1) is 11.3. The molecule has 2 N–H and O–H groups in total. The highest BCUT2D eigenvalue weighted by atomic mass is 32.1. The van der Waals surface area contributed by atoms with Crippen molar-refractivity contribution >= 4 is 11.3 Å². The highest BCUT2D eigenvalue weighted by Crippen LogP contribution is 2.27. The van der Waals surface area contributed by atoms with Crippen LogP contribution in [0.4, 0.5) is 0 Å². The quantitative estimate of drug-likeness (QED) is 0.888. The molecule has 2 aromatic rings. The van der Waals surface area contributed by atoms with Crippen molar-refractivity contribution in [2.24, 2.45) is 5.73 Å². The zero-order valence-corrected chi connectivity index (χ0v) is 10.3. The minimum atomic E-state index is -0.498. The molecule has 0 amide bonds. The third-order valence-electron chi connectivity index (χ3n) is 2.86. The first-order valence-electron chi connectivity index (χ1n) is 5.36. The van der Waals surface area contributed by atoms with Crippen LogP contribution in [0.2, 0.25) is 0 Å². The van der Waals surface area contributed by atoms with Gasteiger partial charge in [0, 0.05) is 0 Å². The molecule has 0 spiro atoms. The van der Waals surface area contributed by atoms with E-state index in [2.05, 4.69) is 10.1 Å². The normalized spacial score (nSPS) is 11.9. The van der Waals surface area contributed by atoms with Crippen LogP contribution in [-0.4, -0.2) is 10.1 Å². The second kappa shape index (κ2) is 4.35. The number of nitrogens with two attached hydrogens (primary N) is 1. The number of hydrogen-bond donors (Lipinski definition) is 1. The molecule has 0 aromatic carbocycles. The molecule has 0 radical (unpaired) electrons. The van der Waals surface area contributed by atoms with Crippen LogP contribution in [0.1, 0.15) is 32.6 Å². The summed E-state index contributed by atoms with van der Waals surface area (Å²) >= 11 is 1.59. The van der Waals surface area contributed by atoms with Gasteiger partial charge in [-0.1, -0.05) is 25.1 Å². The van der Waals surface area contributed by atoms with Crippen LogP contribution in [0.3, 0.4) is 0 Å². The first-order chi connectivity index (χ1) is 7.69. The van der Waals surface area contributed by atoms with Gasteiger partial charge in [-0.05, 0) is 24.3 Å². The lowest BCUT2D eigenvalue weighted by Crippen LogP contribution is -2.35. The van der Waals surface area contributed by atoms with Gasteiger partial charge in [-0.15, -0.1) is 11.3 Å². The average Bonchev–Trinajstić information content (AvgIpc) is 2.97.